The highest BCUT2D eigenvalue weighted by atomic mass is 16.2. The molecule has 0 aliphatic carbocycles. The van der Waals surface area contributed by atoms with Crippen LogP contribution in [0.5, 0.6) is 0 Å². The SMILES string of the molecule is NC(=O)Cn1nc2c3ccccc3n(Cc3ccc(-n4cccn4)cc3)cc-2c1=O. The monoisotopic (exact) mass is 398 g/mol. The molecule has 0 fully saturated rings. The maximum atomic E-state index is 12.8. The fraction of sp³-hybridized carbons (Fsp3) is 0.0909. The molecule has 0 atom stereocenters. The third kappa shape index (κ3) is 3.04. The first-order chi connectivity index (χ1) is 14.6. The molecule has 2 aromatic carbocycles. The summed E-state index contributed by atoms with van der Waals surface area (Å²) in [5.74, 6) is -0.602. The summed E-state index contributed by atoms with van der Waals surface area (Å²) in [6.45, 7) is 0.340. The van der Waals surface area contributed by atoms with Crippen molar-refractivity contribution in [2.24, 2.45) is 5.73 Å². The normalized spacial score (nSPS) is 11.3. The van der Waals surface area contributed by atoms with Crippen LogP contribution in [0.3, 0.4) is 0 Å². The van der Waals surface area contributed by atoms with Gasteiger partial charge in [0, 0.05) is 30.5 Å². The zero-order chi connectivity index (χ0) is 20.7. The third-order valence-corrected chi connectivity index (χ3v) is 5.06. The highest BCUT2D eigenvalue weighted by Crippen LogP contribution is 2.27. The minimum Gasteiger partial charge on any atom is -0.368 e. The van der Waals surface area contributed by atoms with Crippen LogP contribution in [0, 0.1) is 0 Å². The van der Waals surface area contributed by atoms with E-state index in [4.69, 9.17) is 5.73 Å². The zero-order valence-corrected chi connectivity index (χ0v) is 16.0. The average molecular weight is 398 g/mol. The van der Waals surface area contributed by atoms with Crippen LogP contribution in [0.2, 0.25) is 0 Å². The summed E-state index contributed by atoms with van der Waals surface area (Å²) >= 11 is 0. The Bertz CT molecular complexity index is 1380. The largest absolute Gasteiger partial charge is 0.368 e. The van der Waals surface area contributed by atoms with Gasteiger partial charge in [-0.1, -0.05) is 30.3 Å². The summed E-state index contributed by atoms with van der Waals surface area (Å²) in [4.78, 5) is 24.1. The Morgan fingerprint density at radius 1 is 1.03 bits per heavy atom. The van der Waals surface area contributed by atoms with E-state index in [1.165, 1.54) is 0 Å². The molecule has 0 bridgehead atoms. The molecule has 2 aliphatic heterocycles. The van der Waals surface area contributed by atoms with Crippen molar-refractivity contribution in [2.75, 3.05) is 0 Å². The number of carbonyl (C=O) groups excluding carboxylic acids is 1. The lowest BCUT2D eigenvalue weighted by Gasteiger charge is -2.14. The number of amides is 1. The van der Waals surface area contributed by atoms with E-state index >= 15 is 0 Å². The first kappa shape index (κ1) is 17.9. The maximum Gasteiger partial charge on any atom is 0.278 e. The van der Waals surface area contributed by atoms with E-state index in [1.807, 2.05) is 65.4 Å². The van der Waals surface area contributed by atoms with Crippen molar-refractivity contribution in [3.63, 3.8) is 0 Å². The Hall–Kier alpha value is -4.20. The van der Waals surface area contributed by atoms with Crippen molar-refractivity contribution in [1.29, 1.82) is 0 Å². The number of pyridine rings is 1. The molecule has 3 aromatic rings. The van der Waals surface area contributed by atoms with Crippen molar-refractivity contribution in [1.82, 2.24) is 24.1 Å². The minimum atomic E-state index is -0.602. The molecule has 30 heavy (non-hydrogen) atoms. The molecule has 8 heteroatoms. The zero-order valence-electron chi connectivity index (χ0n) is 16.0. The Morgan fingerprint density at radius 3 is 2.57 bits per heavy atom. The van der Waals surface area contributed by atoms with Crippen LogP contribution in [0.4, 0.5) is 0 Å². The number of hydrogen-bond acceptors (Lipinski definition) is 4. The van der Waals surface area contributed by atoms with Crippen molar-refractivity contribution in [2.45, 2.75) is 13.1 Å². The molecular formula is C22H18N6O2. The standard InChI is InChI=1S/C22H18N6O2/c23-20(29)14-28-22(30)18-13-26(19-5-2-1-4-17(19)21(18)25-28)12-15-6-8-16(9-7-15)27-11-3-10-24-27/h1-11,13H,12,14H2,(H2,23,29). The van der Waals surface area contributed by atoms with E-state index in [1.54, 1.807) is 17.1 Å². The summed E-state index contributed by atoms with van der Waals surface area (Å²) < 4.78 is 4.95. The summed E-state index contributed by atoms with van der Waals surface area (Å²) in [5, 5.41) is 9.44. The predicted molar refractivity (Wildman–Crippen MR) is 112 cm³/mol. The molecule has 148 valence electrons. The summed E-state index contributed by atoms with van der Waals surface area (Å²) in [6.07, 6.45) is 5.43. The summed E-state index contributed by atoms with van der Waals surface area (Å²) in [6, 6.07) is 17.7. The molecule has 2 aliphatic rings. The van der Waals surface area contributed by atoms with Crippen molar-refractivity contribution >= 4 is 16.8 Å². The van der Waals surface area contributed by atoms with Gasteiger partial charge in [0.15, 0.2) is 0 Å². The second-order valence-electron chi connectivity index (χ2n) is 7.08. The molecule has 1 amide bonds. The number of nitrogens with two attached hydrogens (primary N) is 1. The highest BCUT2D eigenvalue weighted by Gasteiger charge is 2.20. The van der Waals surface area contributed by atoms with Crippen LogP contribution in [-0.4, -0.2) is 30.0 Å². The fourth-order valence-corrected chi connectivity index (χ4v) is 3.68. The Labute approximate surface area is 171 Å². The van der Waals surface area contributed by atoms with Gasteiger partial charge in [0.1, 0.15) is 12.2 Å². The number of hydrogen-bond donors (Lipinski definition) is 1. The van der Waals surface area contributed by atoms with Gasteiger partial charge in [-0.3, -0.25) is 9.59 Å². The highest BCUT2D eigenvalue weighted by molar-refractivity contribution is 5.93. The predicted octanol–water partition coefficient (Wildman–Crippen LogP) is 2.02. The maximum absolute atomic E-state index is 12.8. The molecule has 2 N–H and O–H groups in total. The van der Waals surface area contributed by atoms with E-state index in [9.17, 15) is 9.59 Å². The van der Waals surface area contributed by atoms with Crippen molar-refractivity contribution < 1.29 is 4.79 Å². The third-order valence-electron chi connectivity index (χ3n) is 5.06. The van der Waals surface area contributed by atoms with Crippen molar-refractivity contribution in [3.8, 4) is 16.9 Å². The topological polar surface area (TPSA) is 101 Å². The molecular weight excluding hydrogens is 380 g/mol. The van der Waals surface area contributed by atoms with Gasteiger partial charge in [-0.05, 0) is 29.8 Å². The number of para-hydroxylation sites is 1. The number of rotatable bonds is 5. The van der Waals surface area contributed by atoms with Gasteiger partial charge in [0.25, 0.3) is 5.56 Å². The first-order valence-electron chi connectivity index (χ1n) is 9.46. The number of benzene rings is 2. The van der Waals surface area contributed by atoms with E-state index in [2.05, 4.69) is 10.2 Å². The number of nitrogens with zero attached hydrogens (tertiary/aromatic N) is 5. The van der Waals surface area contributed by atoms with Gasteiger partial charge < -0.3 is 10.3 Å². The summed E-state index contributed by atoms with van der Waals surface area (Å²) in [5.41, 5.74) is 8.97. The smallest absolute Gasteiger partial charge is 0.278 e. The fourth-order valence-electron chi connectivity index (χ4n) is 3.68. The quantitative estimate of drug-likeness (QED) is 0.489. The molecule has 8 nitrogen and oxygen atoms in total. The lowest BCUT2D eigenvalue weighted by molar-refractivity contribution is -0.118. The second-order valence-corrected chi connectivity index (χ2v) is 7.08. The molecule has 0 spiro atoms. The Morgan fingerprint density at radius 2 is 1.83 bits per heavy atom. The van der Waals surface area contributed by atoms with Gasteiger partial charge in [-0.25, -0.2) is 9.36 Å². The van der Waals surface area contributed by atoms with Gasteiger partial charge in [0.2, 0.25) is 5.91 Å². The average Bonchev–Trinajstić information content (AvgIpc) is 3.38. The summed E-state index contributed by atoms with van der Waals surface area (Å²) in [7, 11) is 0. The number of primary amides is 1. The van der Waals surface area contributed by atoms with Crippen molar-refractivity contribution in [3.05, 3.63) is 89.1 Å². The Kier molecular flexibility index (Phi) is 4.17. The molecule has 0 radical (unpaired) electrons. The van der Waals surface area contributed by atoms with Gasteiger partial charge in [-0.2, -0.15) is 10.2 Å². The molecule has 5 rings (SSSR count). The molecule has 0 saturated carbocycles. The number of aromatic nitrogens is 5. The van der Waals surface area contributed by atoms with Gasteiger partial charge in [0.05, 0.1) is 16.8 Å². The lowest BCUT2D eigenvalue weighted by atomic mass is 10.1. The van der Waals surface area contributed by atoms with E-state index in [-0.39, 0.29) is 12.1 Å². The van der Waals surface area contributed by atoms with Crippen LogP contribution in [0.25, 0.3) is 27.8 Å². The lowest BCUT2D eigenvalue weighted by Crippen LogP contribution is -2.26. The first-order valence-corrected chi connectivity index (χ1v) is 9.46. The van der Waals surface area contributed by atoms with Crippen LogP contribution in [0.1, 0.15) is 5.56 Å². The number of fused-ring (bicyclic) bond motifs is 3. The van der Waals surface area contributed by atoms with Crippen LogP contribution in [0.15, 0.2) is 78.0 Å². The van der Waals surface area contributed by atoms with E-state index in [0.717, 1.165) is 26.8 Å². The van der Waals surface area contributed by atoms with Gasteiger partial charge in [-0.15, -0.1) is 0 Å². The molecule has 3 heterocycles. The van der Waals surface area contributed by atoms with Crippen LogP contribution >= 0.6 is 0 Å². The van der Waals surface area contributed by atoms with Crippen LogP contribution in [-0.2, 0) is 17.9 Å². The van der Waals surface area contributed by atoms with E-state index < -0.39 is 5.91 Å². The molecule has 1 aromatic heterocycles. The molecule has 0 unspecified atom stereocenters. The van der Waals surface area contributed by atoms with Crippen LogP contribution < -0.4 is 11.3 Å². The number of carbonyl (C=O) groups is 1. The minimum absolute atomic E-state index is 0.239. The van der Waals surface area contributed by atoms with Gasteiger partial charge >= 0.3 is 0 Å². The Balaban J connectivity index is 1.59. The van der Waals surface area contributed by atoms with E-state index in [0.29, 0.717) is 17.8 Å². The molecule has 0 saturated heterocycles. The second kappa shape index (κ2) is 7.00.